The summed E-state index contributed by atoms with van der Waals surface area (Å²) >= 11 is 0. The molecule has 1 N–H and O–H groups in total. The molecule has 0 spiro atoms. The first-order valence-corrected chi connectivity index (χ1v) is 5.65. The van der Waals surface area contributed by atoms with Crippen LogP contribution in [0.25, 0.3) is 0 Å². The predicted octanol–water partition coefficient (Wildman–Crippen LogP) is 1.01. The highest BCUT2D eigenvalue weighted by Gasteiger charge is 2.37. The van der Waals surface area contributed by atoms with Crippen LogP contribution >= 0.6 is 0 Å². The van der Waals surface area contributed by atoms with E-state index in [2.05, 4.69) is 0 Å². The highest BCUT2D eigenvalue weighted by atomic mass is 16.6. The Labute approximate surface area is 95.4 Å². The van der Waals surface area contributed by atoms with Gasteiger partial charge in [0.1, 0.15) is 6.61 Å². The third-order valence-electron chi connectivity index (χ3n) is 2.86. The van der Waals surface area contributed by atoms with E-state index in [1.54, 1.807) is 0 Å². The van der Waals surface area contributed by atoms with Gasteiger partial charge in [-0.15, -0.1) is 0 Å². The fourth-order valence-electron chi connectivity index (χ4n) is 1.92. The third kappa shape index (κ3) is 2.52. The molecule has 0 aromatic rings. The summed E-state index contributed by atoms with van der Waals surface area (Å²) < 4.78 is 4.71. The van der Waals surface area contributed by atoms with Crippen molar-refractivity contribution in [1.82, 2.24) is 4.90 Å². The van der Waals surface area contributed by atoms with Crippen molar-refractivity contribution in [2.24, 2.45) is 11.8 Å². The van der Waals surface area contributed by atoms with Crippen LogP contribution < -0.4 is 0 Å². The summed E-state index contributed by atoms with van der Waals surface area (Å²) in [6, 6.07) is 0. The van der Waals surface area contributed by atoms with Crippen molar-refractivity contribution in [3.05, 3.63) is 0 Å². The Kier molecular flexibility index (Phi) is 4.29. The van der Waals surface area contributed by atoms with Crippen LogP contribution in [0.5, 0.6) is 0 Å². The van der Waals surface area contributed by atoms with Gasteiger partial charge in [-0.3, -0.25) is 4.79 Å². The van der Waals surface area contributed by atoms with E-state index in [1.807, 2.05) is 20.8 Å². The van der Waals surface area contributed by atoms with Gasteiger partial charge in [-0.25, -0.2) is 9.69 Å². The zero-order chi connectivity index (χ0) is 12.3. The molecular formula is C11H19NO4. The topological polar surface area (TPSA) is 66.8 Å². The maximum absolute atomic E-state index is 12.1. The summed E-state index contributed by atoms with van der Waals surface area (Å²) in [5.74, 6) is -0.863. The summed E-state index contributed by atoms with van der Waals surface area (Å²) in [4.78, 5) is 24.4. The van der Waals surface area contributed by atoms with Gasteiger partial charge in [0, 0.05) is 0 Å². The van der Waals surface area contributed by atoms with Crippen molar-refractivity contribution in [2.45, 2.75) is 33.3 Å². The number of carbonyl (C=O) groups excluding carboxylic acids is 2. The summed E-state index contributed by atoms with van der Waals surface area (Å²) in [7, 11) is 0. The van der Waals surface area contributed by atoms with Crippen LogP contribution in [-0.2, 0) is 9.53 Å². The van der Waals surface area contributed by atoms with Crippen molar-refractivity contribution >= 4 is 12.0 Å². The van der Waals surface area contributed by atoms with Crippen LogP contribution in [0.4, 0.5) is 4.79 Å². The van der Waals surface area contributed by atoms with E-state index in [0.29, 0.717) is 6.42 Å². The quantitative estimate of drug-likeness (QED) is 0.781. The van der Waals surface area contributed by atoms with Gasteiger partial charge in [-0.1, -0.05) is 20.8 Å². The van der Waals surface area contributed by atoms with Crippen molar-refractivity contribution in [1.29, 1.82) is 0 Å². The summed E-state index contributed by atoms with van der Waals surface area (Å²) in [6.07, 6.45) is -0.808. The minimum atomic E-state index is -0.708. The Morgan fingerprint density at radius 2 is 2.19 bits per heavy atom. The van der Waals surface area contributed by atoms with Crippen molar-refractivity contribution < 1.29 is 19.4 Å². The number of carbonyl (C=O) groups is 2. The minimum Gasteiger partial charge on any atom is -0.447 e. The number of amides is 2. The number of aliphatic hydroxyl groups excluding tert-OH is 1. The Hall–Kier alpha value is -1.10. The molecule has 1 fully saturated rings. The minimum absolute atomic E-state index is 0.00384. The van der Waals surface area contributed by atoms with Gasteiger partial charge in [0.25, 0.3) is 0 Å². The number of cyclic esters (lactones) is 1. The Morgan fingerprint density at radius 1 is 1.56 bits per heavy atom. The molecule has 1 rings (SSSR count). The maximum Gasteiger partial charge on any atom is 0.416 e. The van der Waals surface area contributed by atoms with E-state index in [0.717, 1.165) is 4.90 Å². The maximum atomic E-state index is 12.1. The van der Waals surface area contributed by atoms with Gasteiger partial charge in [-0.2, -0.15) is 0 Å². The zero-order valence-electron chi connectivity index (χ0n) is 9.97. The molecule has 1 aliphatic rings. The van der Waals surface area contributed by atoms with E-state index >= 15 is 0 Å². The van der Waals surface area contributed by atoms with E-state index in [1.165, 1.54) is 0 Å². The first-order valence-electron chi connectivity index (χ1n) is 5.65. The number of ether oxygens (including phenoxy) is 1. The monoisotopic (exact) mass is 229 g/mol. The molecule has 1 saturated heterocycles. The fraction of sp³-hybridized carbons (Fsp3) is 0.818. The van der Waals surface area contributed by atoms with Gasteiger partial charge in [-0.05, 0) is 12.3 Å². The van der Waals surface area contributed by atoms with Gasteiger partial charge < -0.3 is 9.84 Å². The normalized spacial score (nSPS) is 19.8. The lowest BCUT2D eigenvalue weighted by Crippen LogP contribution is -2.43. The summed E-state index contributed by atoms with van der Waals surface area (Å²) in [6.45, 7) is 6.08. The molecule has 5 nitrogen and oxygen atoms in total. The Balaban J connectivity index is 2.78. The first-order chi connectivity index (χ1) is 7.49. The number of rotatable bonds is 4. The van der Waals surface area contributed by atoms with Crippen LogP contribution in [0.1, 0.15) is 27.2 Å². The van der Waals surface area contributed by atoms with E-state index in [4.69, 9.17) is 4.74 Å². The lowest BCUT2D eigenvalue weighted by atomic mass is 9.87. The molecule has 5 heteroatoms. The molecule has 0 saturated carbocycles. The summed E-state index contributed by atoms with van der Waals surface area (Å²) in [5, 5.41) is 9.81. The number of hydrogen-bond acceptors (Lipinski definition) is 4. The van der Waals surface area contributed by atoms with E-state index in [9.17, 15) is 14.7 Å². The molecule has 1 aliphatic heterocycles. The highest BCUT2D eigenvalue weighted by Crippen LogP contribution is 2.22. The third-order valence-corrected chi connectivity index (χ3v) is 2.86. The second kappa shape index (κ2) is 5.30. The van der Waals surface area contributed by atoms with Crippen molar-refractivity contribution in [2.75, 3.05) is 13.2 Å². The van der Waals surface area contributed by atoms with Gasteiger partial charge >= 0.3 is 6.09 Å². The fourth-order valence-corrected chi connectivity index (χ4v) is 1.92. The first kappa shape index (κ1) is 13.0. The lowest BCUT2D eigenvalue weighted by molar-refractivity contribution is -0.137. The molecule has 0 unspecified atom stereocenters. The molecule has 0 radical (unpaired) electrons. The molecule has 1 heterocycles. The smallest absolute Gasteiger partial charge is 0.416 e. The Morgan fingerprint density at radius 3 is 2.56 bits per heavy atom. The largest absolute Gasteiger partial charge is 0.447 e. The molecule has 2 amide bonds. The summed E-state index contributed by atoms with van der Waals surface area (Å²) in [5.41, 5.74) is 0. The standard InChI is InChI=1S/C11H19NO4/c1-4-8(13)9(7(2)3)10(14)12-5-6-16-11(12)15/h7-9,13H,4-6H2,1-3H3/t8-,9+/m1/s1. The van der Waals surface area contributed by atoms with Gasteiger partial charge in [0.2, 0.25) is 5.91 Å². The van der Waals surface area contributed by atoms with Crippen LogP contribution in [0.3, 0.4) is 0 Å². The average Bonchev–Trinajstić information content (AvgIpc) is 2.63. The molecule has 0 bridgehead atoms. The Bertz CT molecular complexity index is 277. The molecule has 2 atom stereocenters. The molecule has 92 valence electrons. The number of nitrogens with zero attached hydrogens (tertiary/aromatic N) is 1. The lowest BCUT2D eigenvalue weighted by Gasteiger charge is -2.26. The second-order valence-corrected chi connectivity index (χ2v) is 4.35. The van der Waals surface area contributed by atoms with E-state index in [-0.39, 0.29) is 25.0 Å². The van der Waals surface area contributed by atoms with Gasteiger partial charge in [0.15, 0.2) is 0 Å². The highest BCUT2D eigenvalue weighted by molar-refractivity contribution is 5.94. The van der Waals surface area contributed by atoms with Crippen molar-refractivity contribution in [3.63, 3.8) is 0 Å². The number of aliphatic hydroxyl groups is 1. The molecule has 0 aromatic heterocycles. The van der Waals surface area contributed by atoms with Crippen molar-refractivity contribution in [3.8, 4) is 0 Å². The van der Waals surface area contributed by atoms with Crippen LogP contribution in [-0.4, -0.2) is 41.3 Å². The van der Waals surface area contributed by atoms with E-state index < -0.39 is 18.1 Å². The zero-order valence-corrected chi connectivity index (χ0v) is 9.97. The predicted molar refractivity (Wildman–Crippen MR) is 57.7 cm³/mol. The number of imide groups is 1. The average molecular weight is 229 g/mol. The van der Waals surface area contributed by atoms with Gasteiger partial charge in [0.05, 0.1) is 18.6 Å². The van der Waals surface area contributed by atoms with Crippen LogP contribution in [0, 0.1) is 11.8 Å². The number of hydrogen-bond donors (Lipinski definition) is 1. The van der Waals surface area contributed by atoms with Crippen LogP contribution in [0.2, 0.25) is 0 Å². The SMILES string of the molecule is CC[C@@H](O)[C@@H](C(=O)N1CCOC1=O)C(C)C. The molecule has 0 aromatic carbocycles. The second-order valence-electron chi connectivity index (χ2n) is 4.35. The molecule has 16 heavy (non-hydrogen) atoms. The molecule has 0 aliphatic carbocycles. The molecular weight excluding hydrogens is 210 g/mol. The van der Waals surface area contributed by atoms with Crippen LogP contribution in [0.15, 0.2) is 0 Å².